The van der Waals surface area contributed by atoms with Crippen molar-refractivity contribution < 1.29 is 32.4 Å². The number of likely N-dealkylation sites (tertiary alicyclic amines) is 2. The molecule has 0 aromatic carbocycles. The molecule has 0 bridgehead atoms. The van der Waals surface area contributed by atoms with Crippen LogP contribution in [0.25, 0.3) is 0 Å². The van der Waals surface area contributed by atoms with Gasteiger partial charge in [0.15, 0.2) is 0 Å². The number of carbonyl (C=O) groups excluding carboxylic acids is 1. The summed E-state index contributed by atoms with van der Waals surface area (Å²) in [6.45, 7) is 6.28. The summed E-state index contributed by atoms with van der Waals surface area (Å²) in [6, 6.07) is 6.57. The van der Waals surface area contributed by atoms with Gasteiger partial charge in [-0.2, -0.15) is 13.2 Å². The van der Waals surface area contributed by atoms with Gasteiger partial charge >= 0.3 is 12.1 Å². The van der Waals surface area contributed by atoms with Crippen LogP contribution in [0.5, 0.6) is 0 Å². The molecular formula is C20H23F3N4O4. The number of aryl methyl sites for hydroxylation is 2. The molecule has 11 heteroatoms. The van der Waals surface area contributed by atoms with Gasteiger partial charge in [-0.15, -0.1) is 0 Å². The van der Waals surface area contributed by atoms with Gasteiger partial charge in [0.05, 0.1) is 17.9 Å². The summed E-state index contributed by atoms with van der Waals surface area (Å²) in [5, 5.41) is 11.1. The number of fused-ring (bicyclic) bond motifs is 1. The van der Waals surface area contributed by atoms with Crippen LogP contribution in [-0.2, 0) is 22.7 Å². The molecule has 4 heterocycles. The second-order valence-electron chi connectivity index (χ2n) is 7.55. The SMILES string of the molecule is Cc1noc(C)c1CN1C(=O)C[C@H]2[C@@H]1CCN2Cc1ccccn1.O=C(O)C(F)(F)F. The number of halogens is 3. The summed E-state index contributed by atoms with van der Waals surface area (Å²) in [5.74, 6) is -1.71. The van der Waals surface area contributed by atoms with Gasteiger partial charge in [0, 0.05) is 43.4 Å². The van der Waals surface area contributed by atoms with Crippen molar-refractivity contribution in [2.24, 2.45) is 0 Å². The molecule has 0 spiro atoms. The molecule has 168 valence electrons. The Labute approximate surface area is 176 Å². The van der Waals surface area contributed by atoms with Crippen LogP contribution in [0, 0.1) is 13.8 Å². The molecule has 2 atom stereocenters. The summed E-state index contributed by atoms with van der Waals surface area (Å²) in [5.41, 5.74) is 2.99. The van der Waals surface area contributed by atoms with Crippen LogP contribution < -0.4 is 0 Å². The number of hydrogen-bond acceptors (Lipinski definition) is 6. The highest BCUT2D eigenvalue weighted by Crippen LogP contribution is 2.35. The molecule has 1 amide bonds. The van der Waals surface area contributed by atoms with Crippen molar-refractivity contribution in [3.63, 3.8) is 0 Å². The first-order chi connectivity index (χ1) is 14.6. The van der Waals surface area contributed by atoms with Crippen molar-refractivity contribution in [3.05, 3.63) is 47.1 Å². The number of carboxylic acid groups (broad SMARTS) is 1. The second-order valence-corrected chi connectivity index (χ2v) is 7.55. The van der Waals surface area contributed by atoms with E-state index in [0.29, 0.717) is 19.0 Å². The number of rotatable bonds is 4. The van der Waals surface area contributed by atoms with Gasteiger partial charge in [-0.25, -0.2) is 4.79 Å². The molecule has 1 N–H and O–H groups in total. The molecule has 2 aliphatic heterocycles. The third-order valence-electron chi connectivity index (χ3n) is 5.57. The molecule has 0 aliphatic carbocycles. The smallest absolute Gasteiger partial charge is 0.475 e. The minimum atomic E-state index is -5.08. The topological polar surface area (TPSA) is 99.8 Å². The number of nitrogens with zero attached hydrogens (tertiary/aromatic N) is 4. The highest BCUT2D eigenvalue weighted by Gasteiger charge is 2.46. The lowest BCUT2D eigenvalue weighted by molar-refractivity contribution is -0.192. The monoisotopic (exact) mass is 440 g/mol. The second kappa shape index (κ2) is 9.04. The third-order valence-corrected chi connectivity index (χ3v) is 5.57. The van der Waals surface area contributed by atoms with Crippen molar-refractivity contribution in [2.45, 2.75) is 58.0 Å². The number of aromatic nitrogens is 2. The van der Waals surface area contributed by atoms with Gasteiger partial charge in [0.1, 0.15) is 5.76 Å². The lowest BCUT2D eigenvalue weighted by atomic mass is 10.1. The van der Waals surface area contributed by atoms with E-state index in [2.05, 4.69) is 15.0 Å². The summed E-state index contributed by atoms with van der Waals surface area (Å²) < 4.78 is 37.0. The van der Waals surface area contributed by atoms with Gasteiger partial charge in [0.2, 0.25) is 5.91 Å². The highest BCUT2D eigenvalue weighted by molar-refractivity contribution is 5.80. The van der Waals surface area contributed by atoms with Crippen LogP contribution >= 0.6 is 0 Å². The van der Waals surface area contributed by atoms with E-state index >= 15 is 0 Å². The molecule has 2 aromatic rings. The van der Waals surface area contributed by atoms with E-state index in [1.54, 1.807) is 0 Å². The molecule has 0 unspecified atom stereocenters. The van der Waals surface area contributed by atoms with Gasteiger partial charge in [-0.05, 0) is 32.4 Å². The average molecular weight is 440 g/mol. The van der Waals surface area contributed by atoms with Gasteiger partial charge in [-0.3, -0.25) is 14.7 Å². The molecular weight excluding hydrogens is 417 g/mol. The van der Waals surface area contributed by atoms with Crippen molar-refractivity contribution in [3.8, 4) is 0 Å². The molecule has 0 radical (unpaired) electrons. The molecule has 2 aliphatic rings. The van der Waals surface area contributed by atoms with Crippen LogP contribution in [0.3, 0.4) is 0 Å². The Morgan fingerprint density at radius 3 is 2.52 bits per heavy atom. The van der Waals surface area contributed by atoms with Gasteiger partial charge in [-0.1, -0.05) is 11.2 Å². The summed E-state index contributed by atoms with van der Waals surface area (Å²) in [7, 11) is 0. The van der Waals surface area contributed by atoms with Crippen LogP contribution in [-0.4, -0.2) is 61.7 Å². The number of hydrogen-bond donors (Lipinski definition) is 1. The Morgan fingerprint density at radius 2 is 1.97 bits per heavy atom. The zero-order valence-corrected chi connectivity index (χ0v) is 17.1. The first kappa shape index (κ1) is 22.7. The molecule has 2 fully saturated rings. The van der Waals surface area contributed by atoms with Gasteiger partial charge < -0.3 is 14.5 Å². The molecule has 2 aromatic heterocycles. The first-order valence-electron chi connectivity index (χ1n) is 9.73. The molecule has 4 rings (SSSR count). The van der Waals surface area contributed by atoms with E-state index in [1.165, 1.54) is 0 Å². The minimum absolute atomic E-state index is 0.232. The van der Waals surface area contributed by atoms with Crippen molar-refractivity contribution >= 4 is 11.9 Å². The quantitative estimate of drug-likeness (QED) is 0.780. The lowest BCUT2D eigenvalue weighted by Gasteiger charge is -2.25. The van der Waals surface area contributed by atoms with E-state index in [1.807, 2.05) is 43.1 Å². The predicted octanol–water partition coefficient (Wildman–Crippen LogP) is 2.70. The van der Waals surface area contributed by atoms with Crippen LogP contribution in [0.4, 0.5) is 13.2 Å². The summed E-state index contributed by atoms with van der Waals surface area (Å²) >= 11 is 0. The molecule has 2 saturated heterocycles. The fraction of sp³-hybridized carbons (Fsp3) is 0.500. The Balaban J connectivity index is 0.000000339. The van der Waals surface area contributed by atoms with Crippen LogP contribution in [0.2, 0.25) is 0 Å². The van der Waals surface area contributed by atoms with Gasteiger partial charge in [0.25, 0.3) is 0 Å². The van der Waals surface area contributed by atoms with E-state index in [-0.39, 0.29) is 11.9 Å². The predicted molar refractivity (Wildman–Crippen MR) is 102 cm³/mol. The number of pyridine rings is 1. The Kier molecular flexibility index (Phi) is 6.63. The maximum absolute atomic E-state index is 12.6. The Hall–Kier alpha value is -2.95. The minimum Gasteiger partial charge on any atom is -0.475 e. The zero-order valence-electron chi connectivity index (χ0n) is 17.1. The van der Waals surface area contributed by atoms with E-state index < -0.39 is 12.1 Å². The number of carboxylic acids is 1. The number of carbonyl (C=O) groups is 2. The molecule has 31 heavy (non-hydrogen) atoms. The zero-order chi connectivity index (χ0) is 22.8. The molecule has 0 saturated carbocycles. The normalized spacial score (nSPS) is 21.1. The maximum atomic E-state index is 12.6. The number of aliphatic carboxylic acids is 1. The molecule has 8 nitrogen and oxygen atoms in total. The van der Waals surface area contributed by atoms with E-state index in [0.717, 1.165) is 42.2 Å². The Bertz CT molecular complexity index is 913. The van der Waals surface area contributed by atoms with Crippen molar-refractivity contribution in [1.82, 2.24) is 19.9 Å². The first-order valence-corrected chi connectivity index (χ1v) is 9.73. The highest BCUT2D eigenvalue weighted by atomic mass is 19.4. The third kappa shape index (κ3) is 5.22. The summed E-state index contributed by atoms with van der Waals surface area (Å²) in [6.07, 6.45) is -1.64. The van der Waals surface area contributed by atoms with E-state index in [4.69, 9.17) is 14.4 Å². The lowest BCUT2D eigenvalue weighted by Crippen LogP contribution is -2.37. The van der Waals surface area contributed by atoms with Crippen molar-refractivity contribution in [1.29, 1.82) is 0 Å². The maximum Gasteiger partial charge on any atom is 0.490 e. The standard InChI is InChI=1S/C18H22N4O2.C2HF3O2/c1-12-15(13(2)24-20-12)11-22-16-6-8-21(17(16)9-18(22)23)10-14-5-3-4-7-19-14;3-2(4,5)1(6)7/h3-5,7,16-17H,6,8-11H2,1-2H3;(H,6,7)/t16-,17-;/m0./s1. The number of amides is 1. The van der Waals surface area contributed by atoms with Crippen molar-refractivity contribution in [2.75, 3.05) is 6.54 Å². The van der Waals surface area contributed by atoms with Crippen LogP contribution in [0.1, 0.15) is 35.6 Å². The largest absolute Gasteiger partial charge is 0.490 e. The van der Waals surface area contributed by atoms with Crippen LogP contribution in [0.15, 0.2) is 28.9 Å². The Morgan fingerprint density at radius 1 is 1.26 bits per heavy atom. The van der Waals surface area contributed by atoms with E-state index in [9.17, 15) is 18.0 Å². The fourth-order valence-electron chi connectivity index (χ4n) is 4.01. The fourth-order valence-corrected chi connectivity index (χ4v) is 4.01. The average Bonchev–Trinajstić information content (AvgIpc) is 3.33. The summed E-state index contributed by atoms with van der Waals surface area (Å²) in [4.78, 5) is 30.3. The number of alkyl halides is 3.